The van der Waals surface area contributed by atoms with Gasteiger partial charge in [0.15, 0.2) is 0 Å². The van der Waals surface area contributed by atoms with Crippen LogP contribution in [0, 0.1) is 0 Å². The van der Waals surface area contributed by atoms with E-state index in [9.17, 15) is 0 Å². The first-order valence-corrected chi connectivity index (χ1v) is 8.00. The predicted molar refractivity (Wildman–Crippen MR) is 90.5 cm³/mol. The van der Waals surface area contributed by atoms with Crippen molar-refractivity contribution >= 4 is 0 Å². The Morgan fingerprint density at radius 1 is 0.762 bits per heavy atom. The molecule has 0 unspecified atom stereocenters. The van der Waals surface area contributed by atoms with Gasteiger partial charge in [0.2, 0.25) is 0 Å². The molecule has 2 nitrogen and oxygen atoms in total. The second-order valence-electron chi connectivity index (χ2n) is 5.01. The number of rotatable bonds is 3. The zero-order chi connectivity index (χ0) is 14.9. The minimum atomic E-state index is 0.379. The summed E-state index contributed by atoms with van der Waals surface area (Å²) >= 11 is 0. The van der Waals surface area contributed by atoms with E-state index >= 15 is 0 Å². The molecule has 0 spiro atoms. The molecule has 1 heterocycles. The predicted octanol–water partition coefficient (Wildman–Crippen LogP) is 3.71. The van der Waals surface area contributed by atoms with Gasteiger partial charge in [0.25, 0.3) is 0 Å². The molecule has 1 fully saturated rings. The maximum Gasteiger partial charge on any atom is 0.0602 e. The van der Waals surface area contributed by atoms with E-state index in [1.807, 2.05) is 13.8 Å². The van der Waals surface area contributed by atoms with Crippen molar-refractivity contribution in [3.63, 3.8) is 0 Å². The van der Waals surface area contributed by atoms with Crippen LogP contribution in [0.2, 0.25) is 0 Å². The maximum absolute atomic E-state index is 3.43. The van der Waals surface area contributed by atoms with Crippen molar-refractivity contribution in [3.8, 4) is 0 Å². The van der Waals surface area contributed by atoms with Gasteiger partial charge in [-0.2, -0.15) is 0 Å². The first-order valence-electron chi connectivity index (χ1n) is 8.00. The highest BCUT2D eigenvalue weighted by atomic mass is 15.2. The van der Waals surface area contributed by atoms with Crippen molar-refractivity contribution in [3.05, 3.63) is 71.8 Å². The fourth-order valence-corrected chi connectivity index (χ4v) is 2.83. The Kier molecular flexibility index (Phi) is 6.45. The zero-order valence-electron chi connectivity index (χ0n) is 13.1. The number of piperazine rings is 1. The molecule has 0 radical (unpaired) electrons. The summed E-state index contributed by atoms with van der Waals surface area (Å²) in [5.74, 6) is 0. The molecule has 1 aliphatic rings. The van der Waals surface area contributed by atoms with Gasteiger partial charge in [0.05, 0.1) is 6.04 Å². The Morgan fingerprint density at radius 2 is 1.19 bits per heavy atom. The monoisotopic (exact) mass is 282 g/mol. The number of hydrogen-bond donors (Lipinski definition) is 1. The average Bonchev–Trinajstić information content (AvgIpc) is 2.60. The van der Waals surface area contributed by atoms with E-state index in [0.717, 1.165) is 26.2 Å². The van der Waals surface area contributed by atoms with Crippen LogP contribution >= 0.6 is 0 Å². The van der Waals surface area contributed by atoms with Crippen LogP contribution < -0.4 is 5.32 Å². The van der Waals surface area contributed by atoms with Gasteiger partial charge in [-0.15, -0.1) is 0 Å². The summed E-state index contributed by atoms with van der Waals surface area (Å²) < 4.78 is 0. The molecule has 0 aromatic heterocycles. The summed E-state index contributed by atoms with van der Waals surface area (Å²) in [4.78, 5) is 2.57. The molecule has 1 aliphatic heterocycles. The molecule has 0 amide bonds. The van der Waals surface area contributed by atoms with Crippen molar-refractivity contribution in [2.24, 2.45) is 0 Å². The Bertz CT molecular complexity index is 450. The number of benzene rings is 2. The van der Waals surface area contributed by atoms with E-state index in [1.54, 1.807) is 0 Å². The summed E-state index contributed by atoms with van der Waals surface area (Å²) in [7, 11) is 0. The van der Waals surface area contributed by atoms with Gasteiger partial charge in [-0.1, -0.05) is 74.5 Å². The lowest BCUT2D eigenvalue weighted by Crippen LogP contribution is -2.45. The van der Waals surface area contributed by atoms with E-state index in [1.165, 1.54) is 11.1 Å². The van der Waals surface area contributed by atoms with E-state index in [2.05, 4.69) is 70.9 Å². The van der Waals surface area contributed by atoms with Gasteiger partial charge in [0.1, 0.15) is 0 Å². The van der Waals surface area contributed by atoms with Crippen LogP contribution in [0.25, 0.3) is 0 Å². The lowest BCUT2D eigenvalue weighted by Gasteiger charge is -2.35. The van der Waals surface area contributed by atoms with E-state index in [4.69, 9.17) is 0 Å². The van der Waals surface area contributed by atoms with E-state index in [-0.39, 0.29) is 0 Å². The SMILES string of the molecule is CC.c1ccc(C(c2ccccc2)N2CCNCC2)cc1. The number of hydrogen-bond acceptors (Lipinski definition) is 2. The van der Waals surface area contributed by atoms with Crippen LogP contribution in [0.4, 0.5) is 0 Å². The second-order valence-corrected chi connectivity index (χ2v) is 5.01. The molecule has 112 valence electrons. The summed E-state index contributed by atoms with van der Waals surface area (Å²) in [5.41, 5.74) is 2.77. The van der Waals surface area contributed by atoms with Crippen LogP contribution in [0.3, 0.4) is 0 Å². The van der Waals surface area contributed by atoms with Gasteiger partial charge in [-0.05, 0) is 11.1 Å². The smallest absolute Gasteiger partial charge is 0.0602 e. The molecule has 2 aromatic carbocycles. The highest BCUT2D eigenvalue weighted by molar-refractivity contribution is 5.31. The molecule has 1 saturated heterocycles. The molecule has 21 heavy (non-hydrogen) atoms. The molecule has 0 bridgehead atoms. The topological polar surface area (TPSA) is 15.3 Å². The molecule has 0 saturated carbocycles. The third-order valence-corrected chi connectivity index (χ3v) is 3.75. The van der Waals surface area contributed by atoms with Crippen molar-refractivity contribution in [1.82, 2.24) is 10.2 Å². The van der Waals surface area contributed by atoms with Crippen LogP contribution in [-0.4, -0.2) is 31.1 Å². The maximum atomic E-state index is 3.43. The van der Waals surface area contributed by atoms with Gasteiger partial charge < -0.3 is 5.32 Å². The van der Waals surface area contributed by atoms with Gasteiger partial charge in [-0.25, -0.2) is 0 Å². The Hall–Kier alpha value is -1.64. The summed E-state index contributed by atoms with van der Waals surface area (Å²) in [6.07, 6.45) is 0. The molecule has 2 heteroatoms. The quantitative estimate of drug-likeness (QED) is 0.923. The molecule has 2 aromatic rings. The normalized spacial score (nSPS) is 15.4. The van der Waals surface area contributed by atoms with Crippen molar-refractivity contribution in [2.45, 2.75) is 19.9 Å². The summed E-state index contributed by atoms with van der Waals surface area (Å²) in [5, 5.41) is 3.43. The fraction of sp³-hybridized carbons (Fsp3) is 0.368. The second kappa shape index (κ2) is 8.60. The highest BCUT2D eigenvalue weighted by Crippen LogP contribution is 2.28. The average molecular weight is 282 g/mol. The van der Waals surface area contributed by atoms with Gasteiger partial charge in [-0.3, -0.25) is 4.90 Å². The van der Waals surface area contributed by atoms with Crippen LogP contribution in [-0.2, 0) is 0 Å². The summed E-state index contributed by atoms with van der Waals surface area (Å²) in [6, 6.07) is 22.0. The van der Waals surface area contributed by atoms with Crippen LogP contribution in [0.5, 0.6) is 0 Å². The molecular formula is C19H26N2. The van der Waals surface area contributed by atoms with Crippen molar-refractivity contribution in [2.75, 3.05) is 26.2 Å². The molecular weight excluding hydrogens is 256 g/mol. The largest absolute Gasteiger partial charge is 0.314 e. The Balaban J connectivity index is 0.000000774. The lowest BCUT2D eigenvalue weighted by atomic mass is 9.96. The standard InChI is InChI=1S/C17H20N2.C2H6/c1-3-7-15(8-4-1)17(16-9-5-2-6-10-16)19-13-11-18-12-14-19;1-2/h1-10,17-18H,11-14H2;1-2H3. The van der Waals surface area contributed by atoms with Crippen molar-refractivity contribution in [1.29, 1.82) is 0 Å². The first-order chi connectivity index (χ1) is 10.4. The Labute approximate surface area is 128 Å². The minimum Gasteiger partial charge on any atom is -0.314 e. The van der Waals surface area contributed by atoms with Crippen molar-refractivity contribution < 1.29 is 0 Å². The Morgan fingerprint density at radius 3 is 1.62 bits per heavy atom. The molecule has 1 N–H and O–H groups in total. The molecule has 3 rings (SSSR count). The first kappa shape index (κ1) is 15.7. The van der Waals surface area contributed by atoms with Crippen LogP contribution in [0.15, 0.2) is 60.7 Å². The zero-order valence-corrected chi connectivity index (χ0v) is 13.1. The third kappa shape index (κ3) is 4.16. The third-order valence-electron chi connectivity index (χ3n) is 3.75. The molecule has 0 atom stereocenters. The van der Waals surface area contributed by atoms with E-state index in [0.29, 0.717) is 6.04 Å². The van der Waals surface area contributed by atoms with Crippen LogP contribution in [0.1, 0.15) is 31.0 Å². The lowest BCUT2D eigenvalue weighted by molar-refractivity contribution is 0.198. The highest BCUT2D eigenvalue weighted by Gasteiger charge is 2.23. The van der Waals surface area contributed by atoms with Gasteiger partial charge in [0, 0.05) is 26.2 Å². The fourth-order valence-electron chi connectivity index (χ4n) is 2.83. The molecule has 0 aliphatic carbocycles. The van der Waals surface area contributed by atoms with Gasteiger partial charge >= 0.3 is 0 Å². The number of nitrogens with zero attached hydrogens (tertiary/aromatic N) is 1. The van der Waals surface area contributed by atoms with E-state index < -0.39 is 0 Å². The summed E-state index contributed by atoms with van der Waals surface area (Å²) in [6.45, 7) is 8.37. The number of nitrogens with one attached hydrogen (secondary N) is 1. The minimum absolute atomic E-state index is 0.379.